The SMILES string of the molecule is COC(=O)CCCCSc1ccc(C)c(CNC2(c3cnccc3-c3ccccc3OC3CC3)CC2)n1. The number of aryl methyl sites for hydroxylation is 1. The molecule has 6 nitrogen and oxygen atoms in total. The highest BCUT2D eigenvalue weighted by Gasteiger charge is 2.46. The minimum absolute atomic E-state index is 0.0958. The molecule has 2 aliphatic rings. The molecule has 0 bridgehead atoms. The molecule has 2 aliphatic carbocycles. The predicted octanol–water partition coefficient (Wildman–Crippen LogP) is 6.21. The molecule has 0 aliphatic heterocycles. The van der Waals surface area contributed by atoms with Crippen LogP contribution >= 0.6 is 11.8 Å². The normalized spacial score (nSPS) is 15.8. The molecular formula is C30H35N3O3S. The lowest BCUT2D eigenvalue weighted by molar-refractivity contribution is -0.140. The van der Waals surface area contributed by atoms with Gasteiger partial charge in [-0.1, -0.05) is 24.3 Å². The van der Waals surface area contributed by atoms with Gasteiger partial charge in [-0.05, 0) is 86.1 Å². The Balaban J connectivity index is 1.26. The maximum Gasteiger partial charge on any atom is 0.305 e. The summed E-state index contributed by atoms with van der Waals surface area (Å²) in [7, 11) is 1.44. The zero-order valence-electron chi connectivity index (χ0n) is 21.7. The molecule has 1 aromatic carbocycles. The van der Waals surface area contributed by atoms with E-state index in [-0.39, 0.29) is 11.5 Å². The summed E-state index contributed by atoms with van der Waals surface area (Å²) in [5, 5.41) is 4.87. The van der Waals surface area contributed by atoms with E-state index >= 15 is 0 Å². The van der Waals surface area contributed by atoms with E-state index in [9.17, 15) is 4.79 Å². The number of unbranched alkanes of at least 4 members (excludes halogenated alkanes) is 1. The highest BCUT2D eigenvalue weighted by molar-refractivity contribution is 7.99. The number of nitrogens with one attached hydrogen (secondary N) is 1. The molecule has 0 unspecified atom stereocenters. The lowest BCUT2D eigenvalue weighted by atomic mass is 9.94. The molecule has 7 heteroatoms. The van der Waals surface area contributed by atoms with Gasteiger partial charge < -0.3 is 14.8 Å². The van der Waals surface area contributed by atoms with E-state index in [0.717, 1.165) is 66.3 Å². The van der Waals surface area contributed by atoms with E-state index in [1.165, 1.54) is 23.8 Å². The first kappa shape index (κ1) is 25.7. The molecule has 0 radical (unpaired) electrons. The van der Waals surface area contributed by atoms with Crippen LogP contribution in [0.5, 0.6) is 5.75 Å². The van der Waals surface area contributed by atoms with Gasteiger partial charge >= 0.3 is 5.97 Å². The summed E-state index contributed by atoms with van der Waals surface area (Å²) < 4.78 is 11.0. The Bertz CT molecular complexity index is 1240. The van der Waals surface area contributed by atoms with Gasteiger partial charge in [0.05, 0.1) is 23.9 Å². The second-order valence-electron chi connectivity index (χ2n) is 9.97. The quantitative estimate of drug-likeness (QED) is 0.164. The topological polar surface area (TPSA) is 73.3 Å². The number of esters is 1. The average molecular weight is 518 g/mol. The Morgan fingerprint density at radius 2 is 1.95 bits per heavy atom. The molecule has 5 rings (SSSR count). The van der Waals surface area contributed by atoms with Crippen molar-refractivity contribution >= 4 is 17.7 Å². The molecule has 0 amide bonds. The largest absolute Gasteiger partial charge is 0.490 e. The van der Waals surface area contributed by atoms with Crippen LogP contribution < -0.4 is 10.1 Å². The lowest BCUT2D eigenvalue weighted by Gasteiger charge is -2.22. The Hall–Kier alpha value is -2.90. The number of carbonyl (C=O) groups excluding carboxylic acids is 1. The van der Waals surface area contributed by atoms with Crippen molar-refractivity contribution in [1.82, 2.24) is 15.3 Å². The van der Waals surface area contributed by atoms with Crippen molar-refractivity contribution in [1.29, 1.82) is 0 Å². The van der Waals surface area contributed by atoms with Gasteiger partial charge in [0.15, 0.2) is 0 Å². The maximum atomic E-state index is 11.3. The van der Waals surface area contributed by atoms with Crippen molar-refractivity contribution in [2.45, 2.75) is 75.1 Å². The smallest absolute Gasteiger partial charge is 0.305 e. The fourth-order valence-corrected chi connectivity index (χ4v) is 5.44. The first-order valence-corrected chi connectivity index (χ1v) is 14.2. The minimum Gasteiger partial charge on any atom is -0.490 e. The first-order chi connectivity index (χ1) is 18.1. The van der Waals surface area contributed by atoms with Crippen LogP contribution in [0.1, 0.15) is 61.8 Å². The van der Waals surface area contributed by atoms with Crippen molar-refractivity contribution < 1.29 is 14.3 Å². The third-order valence-electron chi connectivity index (χ3n) is 7.11. The number of methoxy groups -OCH3 is 1. The molecule has 1 N–H and O–H groups in total. The predicted molar refractivity (Wildman–Crippen MR) is 147 cm³/mol. The van der Waals surface area contributed by atoms with Crippen LogP contribution in [0.15, 0.2) is 59.9 Å². The molecule has 3 aromatic rings. The number of carbonyl (C=O) groups is 1. The molecule has 0 spiro atoms. The number of pyridine rings is 2. The van der Waals surface area contributed by atoms with Crippen LogP contribution in [-0.2, 0) is 21.6 Å². The number of rotatable bonds is 13. The van der Waals surface area contributed by atoms with Crippen molar-refractivity contribution in [2.75, 3.05) is 12.9 Å². The highest BCUT2D eigenvalue weighted by Crippen LogP contribution is 2.50. The monoisotopic (exact) mass is 517 g/mol. The summed E-state index contributed by atoms with van der Waals surface area (Å²) in [6.07, 6.45) is 10.9. The lowest BCUT2D eigenvalue weighted by Crippen LogP contribution is -2.30. The van der Waals surface area contributed by atoms with Gasteiger partial charge in [-0.3, -0.25) is 9.78 Å². The third kappa shape index (κ3) is 6.51. The second-order valence-corrected chi connectivity index (χ2v) is 11.1. The molecule has 2 saturated carbocycles. The van der Waals surface area contributed by atoms with E-state index in [2.05, 4.69) is 53.6 Å². The summed E-state index contributed by atoms with van der Waals surface area (Å²) in [6.45, 7) is 2.83. The molecule has 0 saturated heterocycles. The Morgan fingerprint density at radius 3 is 2.73 bits per heavy atom. The Labute approximate surface area is 223 Å². The Morgan fingerprint density at radius 1 is 1.11 bits per heavy atom. The van der Waals surface area contributed by atoms with Crippen LogP contribution in [0.3, 0.4) is 0 Å². The summed E-state index contributed by atoms with van der Waals surface area (Å²) in [5.74, 6) is 1.75. The van der Waals surface area contributed by atoms with Gasteiger partial charge in [-0.25, -0.2) is 4.98 Å². The number of ether oxygens (including phenoxy) is 2. The van der Waals surface area contributed by atoms with Gasteiger partial charge in [0.1, 0.15) is 5.75 Å². The molecule has 0 atom stereocenters. The van der Waals surface area contributed by atoms with E-state index in [0.29, 0.717) is 19.1 Å². The summed E-state index contributed by atoms with van der Waals surface area (Å²) in [5.41, 5.74) is 5.73. The van der Waals surface area contributed by atoms with Gasteiger partial charge in [0, 0.05) is 36.5 Å². The molecule has 194 valence electrons. The number of nitrogens with zero attached hydrogens (tertiary/aromatic N) is 2. The zero-order chi connectivity index (χ0) is 25.7. The Kier molecular flexibility index (Phi) is 8.11. The van der Waals surface area contributed by atoms with Crippen molar-refractivity contribution in [3.05, 3.63) is 71.7 Å². The number of benzene rings is 1. The van der Waals surface area contributed by atoms with E-state index in [1.807, 2.05) is 18.5 Å². The maximum absolute atomic E-state index is 11.3. The van der Waals surface area contributed by atoms with Gasteiger partial charge in [-0.15, -0.1) is 11.8 Å². The van der Waals surface area contributed by atoms with Crippen LogP contribution in [-0.4, -0.2) is 34.9 Å². The van der Waals surface area contributed by atoms with Crippen molar-refractivity contribution in [3.63, 3.8) is 0 Å². The third-order valence-corrected chi connectivity index (χ3v) is 8.12. The molecule has 2 fully saturated rings. The first-order valence-electron chi connectivity index (χ1n) is 13.2. The molecule has 2 aromatic heterocycles. The minimum atomic E-state index is -0.142. The van der Waals surface area contributed by atoms with Crippen LogP contribution in [0.4, 0.5) is 0 Å². The van der Waals surface area contributed by atoms with E-state index < -0.39 is 0 Å². The highest BCUT2D eigenvalue weighted by atomic mass is 32.2. The average Bonchev–Trinajstić information content (AvgIpc) is 3.86. The molecular weight excluding hydrogens is 482 g/mol. The fraction of sp³-hybridized carbons (Fsp3) is 0.433. The van der Waals surface area contributed by atoms with Gasteiger partial charge in [-0.2, -0.15) is 0 Å². The fourth-order valence-electron chi connectivity index (χ4n) is 4.55. The van der Waals surface area contributed by atoms with Crippen molar-refractivity contribution in [3.8, 4) is 16.9 Å². The summed E-state index contributed by atoms with van der Waals surface area (Å²) in [4.78, 5) is 20.7. The standard InChI is InChI=1S/C30H35N3O3S/c1-21-10-13-28(37-18-6-5-9-29(34)35-2)33-26(21)20-32-30(15-16-30)25-19-31-17-14-23(25)24-7-3-4-8-27(24)36-22-11-12-22/h3-4,7-8,10,13-14,17,19,22,32H,5-6,9,11-12,15-16,18,20H2,1-2H3. The second kappa shape index (κ2) is 11.7. The van der Waals surface area contributed by atoms with Crippen LogP contribution in [0.2, 0.25) is 0 Å². The molecule has 37 heavy (non-hydrogen) atoms. The number of aromatic nitrogens is 2. The summed E-state index contributed by atoms with van der Waals surface area (Å²) >= 11 is 1.74. The van der Waals surface area contributed by atoms with E-state index in [4.69, 9.17) is 14.5 Å². The number of thioether (sulfide) groups is 1. The number of hydrogen-bond acceptors (Lipinski definition) is 7. The summed E-state index contributed by atoms with van der Waals surface area (Å²) in [6, 6.07) is 14.7. The number of hydrogen-bond donors (Lipinski definition) is 1. The van der Waals surface area contributed by atoms with Crippen LogP contribution in [0, 0.1) is 6.92 Å². The van der Waals surface area contributed by atoms with E-state index in [1.54, 1.807) is 11.8 Å². The molecule has 2 heterocycles. The number of para-hydroxylation sites is 1. The van der Waals surface area contributed by atoms with Crippen LogP contribution in [0.25, 0.3) is 11.1 Å². The van der Waals surface area contributed by atoms with Gasteiger partial charge in [0.2, 0.25) is 0 Å². The zero-order valence-corrected chi connectivity index (χ0v) is 22.5. The van der Waals surface area contributed by atoms with Gasteiger partial charge in [0.25, 0.3) is 0 Å². The van der Waals surface area contributed by atoms with Crippen molar-refractivity contribution in [2.24, 2.45) is 0 Å².